The number of nitrogens with one attached hydrogen (secondary N) is 1. The first kappa shape index (κ1) is 15.2. The molecule has 0 aliphatic rings. The second-order valence-corrected chi connectivity index (χ2v) is 5.08. The Bertz CT molecular complexity index is 658. The minimum Gasteiger partial charge on any atom is -0.497 e. The maximum absolute atomic E-state index is 12.3. The zero-order chi connectivity index (χ0) is 15.4. The number of hydrogen-bond donors (Lipinski definition) is 2. The number of amides is 1. The van der Waals surface area contributed by atoms with Gasteiger partial charge in [0.2, 0.25) is 0 Å². The molecule has 4 nitrogen and oxygen atoms in total. The fourth-order valence-electron chi connectivity index (χ4n) is 2.00. The molecular formula is C16H17ClN2O2. The lowest BCUT2D eigenvalue weighted by Crippen LogP contribution is -2.27. The third-order valence-corrected chi connectivity index (χ3v) is 3.57. The normalized spacial score (nSPS) is 11.8. The predicted octanol–water partition coefficient (Wildman–Crippen LogP) is 3.42. The molecule has 0 radical (unpaired) electrons. The highest BCUT2D eigenvalue weighted by Crippen LogP contribution is 2.24. The van der Waals surface area contributed by atoms with E-state index in [9.17, 15) is 4.79 Å². The minimum absolute atomic E-state index is 0.175. The molecule has 2 aromatic rings. The van der Waals surface area contributed by atoms with E-state index >= 15 is 0 Å². The van der Waals surface area contributed by atoms with Crippen LogP contribution in [0.2, 0.25) is 5.02 Å². The van der Waals surface area contributed by atoms with Gasteiger partial charge in [-0.1, -0.05) is 29.8 Å². The fraction of sp³-hybridized carbons (Fsp3) is 0.188. The van der Waals surface area contributed by atoms with Gasteiger partial charge in [0.1, 0.15) is 5.75 Å². The summed E-state index contributed by atoms with van der Waals surface area (Å²) in [6, 6.07) is 12.4. The Morgan fingerprint density at radius 1 is 1.29 bits per heavy atom. The molecule has 0 spiro atoms. The molecule has 21 heavy (non-hydrogen) atoms. The van der Waals surface area contributed by atoms with Crippen LogP contribution in [0.1, 0.15) is 28.9 Å². The van der Waals surface area contributed by atoms with Crippen LogP contribution in [0.25, 0.3) is 0 Å². The van der Waals surface area contributed by atoms with Crippen molar-refractivity contribution < 1.29 is 9.53 Å². The number of benzene rings is 2. The number of para-hydroxylation sites is 1. The highest BCUT2D eigenvalue weighted by atomic mass is 35.5. The Balaban J connectivity index is 2.16. The van der Waals surface area contributed by atoms with Crippen molar-refractivity contribution in [3.63, 3.8) is 0 Å². The van der Waals surface area contributed by atoms with E-state index in [0.717, 1.165) is 11.3 Å². The van der Waals surface area contributed by atoms with Crippen molar-refractivity contribution in [1.82, 2.24) is 5.32 Å². The predicted molar refractivity (Wildman–Crippen MR) is 84.7 cm³/mol. The fourth-order valence-corrected chi connectivity index (χ4v) is 2.18. The van der Waals surface area contributed by atoms with Gasteiger partial charge < -0.3 is 15.8 Å². The molecule has 0 aromatic heterocycles. The van der Waals surface area contributed by atoms with Gasteiger partial charge in [0.25, 0.3) is 5.91 Å². The number of anilines is 1. The molecule has 0 saturated heterocycles. The molecule has 0 aliphatic carbocycles. The molecule has 2 rings (SSSR count). The summed E-state index contributed by atoms with van der Waals surface area (Å²) >= 11 is 5.93. The molecule has 0 bridgehead atoms. The number of ether oxygens (including phenoxy) is 1. The number of nitrogens with two attached hydrogens (primary N) is 1. The number of carbonyl (C=O) groups excluding carboxylic acids is 1. The summed E-state index contributed by atoms with van der Waals surface area (Å²) in [5.74, 6) is 0.487. The highest BCUT2D eigenvalue weighted by molar-refractivity contribution is 6.33. The number of nitrogen functional groups attached to an aromatic ring is 1. The summed E-state index contributed by atoms with van der Waals surface area (Å²) in [6.07, 6.45) is 0. The molecule has 1 amide bonds. The number of rotatable bonds is 4. The van der Waals surface area contributed by atoms with Crippen molar-refractivity contribution in [1.29, 1.82) is 0 Å². The SMILES string of the molecule is COc1cccc(C(C)NC(=O)c2cccc(Cl)c2N)c1. The summed E-state index contributed by atoms with van der Waals surface area (Å²) in [7, 11) is 1.61. The topological polar surface area (TPSA) is 64.3 Å². The smallest absolute Gasteiger partial charge is 0.253 e. The van der Waals surface area contributed by atoms with E-state index in [1.165, 1.54) is 0 Å². The average Bonchev–Trinajstić information content (AvgIpc) is 2.49. The van der Waals surface area contributed by atoms with E-state index in [1.807, 2.05) is 31.2 Å². The zero-order valence-corrected chi connectivity index (χ0v) is 12.6. The van der Waals surface area contributed by atoms with Crippen LogP contribution in [0.5, 0.6) is 5.75 Å². The third kappa shape index (κ3) is 3.47. The largest absolute Gasteiger partial charge is 0.497 e. The molecule has 1 atom stereocenters. The first-order valence-corrected chi connectivity index (χ1v) is 6.89. The standard InChI is InChI=1S/C16H17ClN2O2/c1-10(11-5-3-6-12(9-11)21-2)19-16(20)13-7-4-8-14(17)15(13)18/h3-10H,18H2,1-2H3,(H,19,20). The van der Waals surface area contributed by atoms with Crippen LogP contribution in [0, 0.1) is 0 Å². The Hall–Kier alpha value is -2.20. The summed E-state index contributed by atoms with van der Waals surface area (Å²) in [4.78, 5) is 12.3. The van der Waals surface area contributed by atoms with Crippen LogP contribution in [0.15, 0.2) is 42.5 Å². The molecule has 2 aromatic carbocycles. The van der Waals surface area contributed by atoms with Crippen molar-refractivity contribution in [3.8, 4) is 5.75 Å². The summed E-state index contributed by atoms with van der Waals surface area (Å²) < 4.78 is 5.18. The zero-order valence-electron chi connectivity index (χ0n) is 11.9. The van der Waals surface area contributed by atoms with Gasteiger partial charge in [-0.3, -0.25) is 4.79 Å². The highest BCUT2D eigenvalue weighted by Gasteiger charge is 2.15. The third-order valence-electron chi connectivity index (χ3n) is 3.24. The van der Waals surface area contributed by atoms with Crippen LogP contribution in [-0.2, 0) is 0 Å². The summed E-state index contributed by atoms with van der Waals surface area (Å²) in [5.41, 5.74) is 7.44. The van der Waals surface area contributed by atoms with E-state index in [2.05, 4.69) is 5.32 Å². The van der Waals surface area contributed by atoms with Gasteiger partial charge in [-0.25, -0.2) is 0 Å². The maximum Gasteiger partial charge on any atom is 0.253 e. The van der Waals surface area contributed by atoms with Crippen molar-refractivity contribution >= 4 is 23.2 Å². The van der Waals surface area contributed by atoms with Crippen molar-refractivity contribution in [3.05, 3.63) is 58.6 Å². The molecule has 0 aliphatic heterocycles. The van der Waals surface area contributed by atoms with Crippen LogP contribution in [0.3, 0.4) is 0 Å². The molecule has 5 heteroatoms. The van der Waals surface area contributed by atoms with E-state index in [-0.39, 0.29) is 17.6 Å². The van der Waals surface area contributed by atoms with Gasteiger partial charge in [-0.15, -0.1) is 0 Å². The Labute approximate surface area is 128 Å². The van der Waals surface area contributed by atoms with Crippen molar-refractivity contribution in [2.45, 2.75) is 13.0 Å². The lowest BCUT2D eigenvalue weighted by atomic mass is 10.1. The van der Waals surface area contributed by atoms with Crippen LogP contribution < -0.4 is 15.8 Å². The van der Waals surface area contributed by atoms with Gasteiger partial charge in [0.15, 0.2) is 0 Å². The van der Waals surface area contributed by atoms with E-state index in [0.29, 0.717) is 10.6 Å². The first-order chi connectivity index (χ1) is 10.0. The Morgan fingerprint density at radius 2 is 2.00 bits per heavy atom. The van der Waals surface area contributed by atoms with Gasteiger partial charge in [0.05, 0.1) is 29.4 Å². The number of carbonyl (C=O) groups is 1. The molecule has 110 valence electrons. The van der Waals surface area contributed by atoms with Gasteiger partial charge in [0, 0.05) is 0 Å². The number of hydrogen-bond acceptors (Lipinski definition) is 3. The number of methoxy groups -OCH3 is 1. The second-order valence-electron chi connectivity index (χ2n) is 4.67. The second kappa shape index (κ2) is 6.50. The van der Waals surface area contributed by atoms with Crippen LogP contribution in [-0.4, -0.2) is 13.0 Å². The van der Waals surface area contributed by atoms with Crippen molar-refractivity contribution in [2.24, 2.45) is 0 Å². The molecular weight excluding hydrogens is 288 g/mol. The molecule has 0 fully saturated rings. The molecule has 0 saturated carbocycles. The minimum atomic E-state index is -0.259. The quantitative estimate of drug-likeness (QED) is 0.851. The summed E-state index contributed by atoms with van der Waals surface area (Å²) in [6.45, 7) is 1.90. The molecule has 0 heterocycles. The van der Waals surface area contributed by atoms with Gasteiger partial charge in [-0.05, 0) is 36.8 Å². The number of halogens is 1. The lowest BCUT2D eigenvalue weighted by Gasteiger charge is -2.16. The van der Waals surface area contributed by atoms with Gasteiger partial charge >= 0.3 is 0 Å². The summed E-state index contributed by atoms with van der Waals surface area (Å²) in [5, 5.41) is 3.27. The lowest BCUT2D eigenvalue weighted by molar-refractivity contribution is 0.0940. The average molecular weight is 305 g/mol. The van der Waals surface area contributed by atoms with E-state index in [4.69, 9.17) is 22.1 Å². The Kier molecular flexibility index (Phi) is 4.70. The van der Waals surface area contributed by atoms with E-state index < -0.39 is 0 Å². The van der Waals surface area contributed by atoms with Crippen LogP contribution in [0.4, 0.5) is 5.69 Å². The molecule has 1 unspecified atom stereocenters. The monoisotopic (exact) mass is 304 g/mol. The maximum atomic E-state index is 12.3. The van der Waals surface area contributed by atoms with E-state index in [1.54, 1.807) is 25.3 Å². The van der Waals surface area contributed by atoms with Crippen molar-refractivity contribution in [2.75, 3.05) is 12.8 Å². The van der Waals surface area contributed by atoms with Gasteiger partial charge in [-0.2, -0.15) is 0 Å². The first-order valence-electron chi connectivity index (χ1n) is 6.51. The Morgan fingerprint density at radius 3 is 2.71 bits per heavy atom. The molecule has 3 N–H and O–H groups in total. The van der Waals surface area contributed by atoms with Crippen LogP contribution >= 0.6 is 11.6 Å².